The first-order valence-electron chi connectivity index (χ1n) is 7.83. The first-order valence-corrected chi connectivity index (χ1v) is 8.62. The van der Waals surface area contributed by atoms with Gasteiger partial charge < -0.3 is 10.1 Å². The first-order chi connectivity index (χ1) is 11.7. The lowest BCUT2D eigenvalue weighted by atomic mass is 10.0. The number of halogens is 1. The van der Waals surface area contributed by atoms with Gasteiger partial charge >= 0.3 is 0 Å². The molecule has 5 nitrogen and oxygen atoms in total. The van der Waals surface area contributed by atoms with Gasteiger partial charge in [0.25, 0.3) is 0 Å². The molecule has 0 saturated carbocycles. The predicted octanol–water partition coefficient (Wildman–Crippen LogP) is 2.68. The third kappa shape index (κ3) is 4.14. The highest BCUT2D eigenvalue weighted by molar-refractivity contribution is 9.10. The Kier molecular flexibility index (Phi) is 5.50. The molecule has 2 atom stereocenters. The second kappa shape index (κ2) is 7.79. The van der Waals surface area contributed by atoms with Crippen molar-refractivity contribution >= 4 is 21.8 Å². The molecule has 2 unspecified atom stereocenters. The van der Waals surface area contributed by atoms with Gasteiger partial charge in [-0.05, 0) is 41.8 Å². The molecule has 1 aliphatic heterocycles. The fourth-order valence-electron chi connectivity index (χ4n) is 2.70. The van der Waals surface area contributed by atoms with E-state index in [0.717, 1.165) is 21.3 Å². The number of carbonyl (C=O) groups excluding carboxylic acids is 1. The zero-order chi connectivity index (χ0) is 16.9. The summed E-state index contributed by atoms with van der Waals surface area (Å²) in [5.74, 6) is 0.829. The number of carbonyl (C=O) groups is 1. The number of rotatable bonds is 5. The summed E-state index contributed by atoms with van der Waals surface area (Å²) in [5.41, 5.74) is 8.47. The summed E-state index contributed by atoms with van der Waals surface area (Å²) < 4.78 is 6.20. The van der Waals surface area contributed by atoms with Gasteiger partial charge in [-0.15, -0.1) is 0 Å². The Hall–Kier alpha value is -1.89. The Bertz CT molecular complexity index is 688. The van der Waals surface area contributed by atoms with Crippen LogP contribution < -0.4 is 20.9 Å². The highest BCUT2D eigenvalue weighted by Gasteiger charge is 2.29. The fourth-order valence-corrected chi connectivity index (χ4v) is 2.96. The summed E-state index contributed by atoms with van der Waals surface area (Å²) in [7, 11) is 1.65. The molecule has 0 bridgehead atoms. The monoisotopic (exact) mass is 389 g/mol. The van der Waals surface area contributed by atoms with Gasteiger partial charge in [-0.3, -0.25) is 4.79 Å². The third-order valence-corrected chi connectivity index (χ3v) is 4.65. The van der Waals surface area contributed by atoms with E-state index in [0.29, 0.717) is 13.0 Å². The van der Waals surface area contributed by atoms with Crippen molar-refractivity contribution in [2.75, 3.05) is 7.11 Å². The lowest BCUT2D eigenvalue weighted by Gasteiger charge is -2.11. The molecule has 1 fully saturated rings. The maximum absolute atomic E-state index is 12.3. The molecule has 0 aliphatic carbocycles. The summed E-state index contributed by atoms with van der Waals surface area (Å²) in [6.07, 6.45) is 0.707. The van der Waals surface area contributed by atoms with Gasteiger partial charge in [0.2, 0.25) is 5.91 Å². The van der Waals surface area contributed by atoms with E-state index >= 15 is 0 Å². The van der Waals surface area contributed by atoms with Crippen molar-refractivity contribution in [2.24, 2.45) is 0 Å². The Morgan fingerprint density at radius 1 is 1.17 bits per heavy atom. The van der Waals surface area contributed by atoms with E-state index in [-0.39, 0.29) is 18.0 Å². The molecular formula is C18H20BrN3O2. The zero-order valence-electron chi connectivity index (χ0n) is 13.4. The number of amides is 1. The molecule has 2 aromatic carbocycles. The number of nitrogens with one attached hydrogen (secondary N) is 3. The maximum atomic E-state index is 12.3. The van der Waals surface area contributed by atoms with E-state index in [2.05, 4.69) is 32.1 Å². The molecule has 24 heavy (non-hydrogen) atoms. The van der Waals surface area contributed by atoms with Gasteiger partial charge in [0, 0.05) is 17.1 Å². The topological polar surface area (TPSA) is 62.4 Å². The Morgan fingerprint density at radius 3 is 2.54 bits per heavy atom. The minimum atomic E-state index is -0.243. The van der Waals surface area contributed by atoms with Gasteiger partial charge in [-0.25, -0.2) is 10.9 Å². The van der Waals surface area contributed by atoms with E-state index in [1.165, 1.54) is 0 Å². The molecule has 6 heteroatoms. The standard InChI is InChI=1S/C18H20BrN3O2/c1-24-15-8-4-13(5-9-15)16-10-17(22-21-16)18(23)20-11-12-2-6-14(19)7-3-12/h2-9,16-17,21-22H,10-11H2,1H3,(H,20,23). The number of benzene rings is 2. The summed E-state index contributed by atoms with van der Waals surface area (Å²) in [5, 5.41) is 2.97. The molecule has 126 valence electrons. The van der Waals surface area contributed by atoms with Crippen molar-refractivity contribution in [3.05, 3.63) is 64.1 Å². The van der Waals surface area contributed by atoms with E-state index < -0.39 is 0 Å². The van der Waals surface area contributed by atoms with Gasteiger partial charge in [0.15, 0.2) is 0 Å². The molecule has 0 spiro atoms. The van der Waals surface area contributed by atoms with E-state index in [1.54, 1.807) is 7.11 Å². The second-order valence-corrected chi connectivity index (χ2v) is 6.66. The minimum Gasteiger partial charge on any atom is -0.497 e. The third-order valence-electron chi connectivity index (χ3n) is 4.12. The highest BCUT2D eigenvalue weighted by atomic mass is 79.9. The minimum absolute atomic E-state index is 0.00132. The number of hydrogen-bond acceptors (Lipinski definition) is 4. The van der Waals surface area contributed by atoms with Crippen LogP contribution in [0.1, 0.15) is 23.6 Å². The van der Waals surface area contributed by atoms with Gasteiger partial charge in [0.05, 0.1) is 7.11 Å². The van der Waals surface area contributed by atoms with Gasteiger partial charge in [-0.2, -0.15) is 0 Å². The largest absolute Gasteiger partial charge is 0.497 e. The van der Waals surface area contributed by atoms with Crippen LogP contribution in [0.25, 0.3) is 0 Å². The second-order valence-electron chi connectivity index (χ2n) is 5.75. The van der Waals surface area contributed by atoms with Crippen LogP contribution in [-0.4, -0.2) is 19.1 Å². The van der Waals surface area contributed by atoms with E-state index in [1.807, 2.05) is 48.5 Å². The quantitative estimate of drug-likeness (QED) is 0.735. The zero-order valence-corrected chi connectivity index (χ0v) is 15.0. The fraction of sp³-hybridized carbons (Fsp3) is 0.278. The highest BCUT2D eigenvalue weighted by Crippen LogP contribution is 2.24. The van der Waals surface area contributed by atoms with Crippen molar-refractivity contribution in [2.45, 2.75) is 25.0 Å². The molecule has 0 radical (unpaired) electrons. The van der Waals surface area contributed by atoms with Crippen LogP contribution >= 0.6 is 15.9 Å². The smallest absolute Gasteiger partial charge is 0.238 e. The Balaban J connectivity index is 1.52. The molecular weight excluding hydrogens is 370 g/mol. The first kappa shape index (κ1) is 17.0. The van der Waals surface area contributed by atoms with Crippen LogP contribution in [0, 0.1) is 0 Å². The molecule has 3 N–H and O–H groups in total. The maximum Gasteiger partial charge on any atom is 0.238 e. The van der Waals surface area contributed by atoms with Crippen molar-refractivity contribution in [3.8, 4) is 5.75 Å². The Morgan fingerprint density at radius 2 is 1.88 bits per heavy atom. The van der Waals surface area contributed by atoms with Crippen LogP contribution in [0.5, 0.6) is 5.75 Å². The molecule has 1 aliphatic rings. The number of hydrazine groups is 1. The summed E-state index contributed by atoms with van der Waals surface area (Å²) in [4.78, 5) is 12.3. The van der Waals surface area contributed by atoms with E-state index in [4.69, 9.17) is 4.74 Å². The summed E-state index contributed by atoms with van der Waals surface area (Å²) >= 11 is 3.40. The lowest BCUT2D eigenvalue weighted by Crippen LogP contribution is -2.42. The van der Waals surface area contributed by atoms with E-state index in [9.17, 15) is 4.79 Å². The Labute approximate surface area is 149 Å². The predicted molar refractivity (Wildman–Crippen MR) is 96.4 cm³/mol. The molecule has 1 amide bonds. The van der Waals surface area contributed by atoms with Crippen LogP contribution in [0.15, 0.2) is 53.0 Å². The molecule has 0 aromatic heterocycles. The van der Waals surface area contributed by atoms with Crippen molar-refractivity contribution in [1.29, 1.82) is 0 Å². The summed E-state index contributed by atoms with van der Waals surface area (Å²) in [6, 6.07) is 15.7. The number of ether oxygens (including phenoxy) is 1. The SMILES string of the molecule is COc1ccc(C2CC(C(=O)NCc3ccc(Br)cc3)NN2)cc1. The van der Waals surface area contributed by atoms with Crippen molar-refractivity contribution in [1.82, 2.24) is 16.2 Å². The average molecular weight is 390 g/mol. The van der Waals surface area contributed by atoms with Gasteiger partial charge in [-0.1, -0.05) is 40.2 Å². The van der Waals surface area contributed by atoms with Crippen LogP contribution in [0.3, 0.4) is 0 Å². The lowest BCUT2D eigenvalue weighted by molar-refractivity contribution is -0.123. The normalized spacial score (nSPS) is 19.9. The van der Waals surface area contributed by atoms with Crippen LogP contribution in [-0.2, 0) is 11.3 Å². The van der Waals surface area contributed by atoms with Crippen LogP contribution in [0.4, 0.5) is 0 Å². The average Bonchev–Trinajstić information content (AvgIpc) is 3.11. The summed E-state index contributed by atoms with van der Waals surface area (Å²) in [6.45, 7) is 0.525. The van der Waals surface area contributed by atoms with Crippen molar-refractivity contribution in [3.63, 3.8) is 0 Å². The molecule has 2 aromatic rings. The van der Waals surface area contributed by atoms with Crippen LogP contribution in [0.2, 0.25) is 0 Å². The molecule has 1 saturated heterocycles. The molecule has 1 heterocycles. The molecule has 3 rings (SSSR count). The number of methoxy groups -OCH3 is 1. The van der Waals surface area contributed by atoms with Gasteiger partial charge in [0.1, 0.15) is 11.8 Å². The van der Waals surface area contributed by atoms with Crippen molar-refractivity contribution < 1.29 is 9.53 Å². The number of hydrogen-bond donors (Lipinski definition) is 3.